The maximum atomic E-state index is 12.9. The zero-order valence-corrected chi connectivity index (χ0v) is 16.8. The van der Waals surface area contributed by atoms with Crippen LogP contribution in [-0.4, -0.2) is 42.9 Å². The summed E-state index contributed by atoms with van der Waals surface area (Å²) in [6, 6.07) is 9.79. The van der Waals surface area contributed by atoms with Crippen molar-refractivity contribution in [2.45, 2.75) is 38.5 Å². The van der Waals surface area contributed by atoms with Crippen LogP contribution in [-0.2, 0) is 4.79 Å². The first kappa shape index (κ1) is 19.6. The minimum Gasteiger partial charge on any atom is -0.472 e. The lowest BCUT2D eigenvalue weighted by Gasteiger charge is -2.31. The van der Waals surface area contributed by atoms with Crippen LogP contribution in [0.3, 0.4) is 0 Å². The van der Waals surface area contributed by atoms with Gasteiger partial charge in [-0.1, -0.05) is 25.0 Å². The van der Waals surface area contributed by atoms with Gasteiger partial charge in [0.25, 0.3) is 5.91 Å². The number of para-hydroxylation sites is 2. The van der Waals surface area contributed by atoms with Crippen molar-refractivity contribution < 1.29 is 14.0 Å². The molecule has 1 N–H and O–H groups in total. The Kier molecular flexibility index (Phi) is 6.17. The van der Waals surface area contributed by atoms with E-state index < -0.39 is 0 Å². The van der Waals surface area contributed by atoms with Gasteiger partial charge in [0.1, 0.15) is 6.26 Å². The van der Waals surface area contributed by atoms with Crippen molar-refractivity contribution in [3.63, 3.8) is 0 Å². The number of rotatable bonds is 4. The standard InChI is InChI=1S/C23H29N3O3/c27-22(18-9-14-26(15-10-18)23(28)19-11-16-29-17-19)24-20-7-3-4-8-21(20)25-12-5-1-2-6-13-25/h3-4,7-8,11,16-18H,1-2,5-6,9-10,12-15H2,(H,24,27). The Hall–Kier alpha value is -2.76. The quantitative estimate of drug-likeness (QED) is 0.845. The molecule has 0 bridgehead atoms. The average molecular weight is 396 g/mol. The van der Waals surface area contributed by atoms with Gasteiger partial charge < -0.3 is 19.5 Å². The van der Waals surface area contributed by atoms with Gasteiger partial charge in [-0.25, -0.2) is 0 Å². The number of amides is 2. The zero-order valence-electron chi connectivity index (χ0n) is 16.8. The largest absolute Gasteiger partial charge is 0.472 e. The number of hydrogen-bond donors (Lipinski definition) is 1. The molecule has 0 spiro atoms. The Morgan fingerprint density at radius 1 is 0.931 bits per heavy atom. The van der Waals surface area contributed by atoms with E-state index in [1.807, 2.05) is 18.2 Å². The third-order valence-corrected chi connectivity index (χ3v) is 6.03. The molecule has 2 aromatic rings. The molecule has 1 aromatic carbocycles. The number of carbonyl (C=O) groups excluding carboxylic acids is 2. The summed E-state index contributed by atoms with van der Waals surface area (Å²) < 4.78 is 5.01. The highest BCUT2D eigenvalue weighted by Gasteiger charge is 2.28. The van der Waals surface area contributed by atoms with Crippen LogP contribution in [0.5, 0.6) is 0 Å². The van der Waals surface area contributed by atoms with E-state index in [1.165, 1.54) is 38.2 Å². The van der Waals surface area contributed by atoms with Crippen molar-refractivity contribution >= 4 is 23.2 Å². The van der Waals surface area contributed by atoms with Crippen LogP contribution in [0.4, 0.5) is 11.4 Å². The molecule has 0 aliphatic carbocycles. The van der Waals surface area contributed by atoms with Crippen LogP contribution in [0.2, 0.25) is 0 Å². The second kappa shape index (κ2) is 9.16. The Bertz CT molecular complexity index is 818. The van der Waals surface area contributed by atoms with Gasteiger partial charge in [-0.15, -0.1) is 0 Å². The lowest BCUT2D eigenvalue weighted by molar-refractivity contribution is -0.121. The van der Waals surface area contributed by atoms with Crippen LogP contribution in [0.25, 0.3) is 0 Å². The molecular formula is C23H29N3O3. The summed E-state index contributed by atoms with van der Waals surface area (Å²) in [7, 11) is 0. The molecule has 2 saturated heterocycles. The topological polar surface area (TPSA) is 65.8 Å². The van der Waals surface area contributed by atoms with Crippen LogP contribution in [0, 0.1) is 5.92 Å². The molecule has 0 unspecified atom stereocenters. The van der Waals surface area contributed by atoms with Gasteiger partial charge in [-0.2, -0.15) is 0 Å². The average Bonchev–Trinajstić information content (AvgIpc) is 3.16. The molecule has 0 radical (unpaired) electrons. The van der Waals surface area contributed by atoms with Gasteiger partial charge in [-0.3, -0.25) is 9.59 Å². The third-order valence-electron chi connectivity index (χ3n) is 6.03. The fourth-order valence-electron chi connectivity index (χ4n) is 4.31. The first-order chi connectivity index (χ1) is 14.2. The molecule has 4 rings (SSSR count). The van der Waals surface area contributed by atoms with E-state index in [4.69, 9.17) is 4.42 Å². The lowest BCUT2D eigenvalue weighted by Crippen LogP contribution is -2.41. The van der Waals surface area contributed by atoms with Crippen LogP contribution >= 0.6 is 0 Å². The van der Waals surface area contributed by atoms with Gasteiger partial charge in [0, 0.05) is 32.1 Å². The molecule has 0 saturated carbocycles. The van der Waals surface area contributed by atoms with Gasteiger partial charge in [0.15, 0.2) is 0 Å². The summed E-state index contributed by atoms with van der Waals surface area (Å²) in [4.78, 5) is 29.6. The fourth-order valence-corrected chi connectivity index (χ4v) is 4.31. The number of hydrogen-bond acceptors (Lipinski definition) is 4. The van der Waals surface area contributed by atoms with E-state index in [2.05, 4.69) is 16.3 Å². The van der Waals surface area contributed by atoms with Crippen molar-refractivity contribution in [2.75, 3.05) is 36.4 Å². The van der Waals surface area contributed by atoms with Gasteiger partial charge in [0.05, 0.1) is 23.2 Å². The molecule has 6 heteroatoms. The number of piperidine rings is 1. The minimum absolute atomic E-state index is 0.0240. The highest BCUT2D eigenvalue weighted by atomic mass is 16.3. The van der Waals surface area contributed by atoms with E-state index in [9.17, 15) is 9.59 Å². The number of nitrogens with zero attached hydrogens (tertiary/aromatic N) is 2. The van der Waals surface area contributed by atoms with E-state index in [-0.39, 0.29) is 17.7 Å². The predicted octanol–water partition coefficient (Wildman–Crippen LogP) is 4.15. The molecule has 6 nitrogen and oxygen atoms in total. The number of furan rings is 1. The van der Waals surface area contributed by atoms with E-state index in [1.54, 1.807) is 11.0 Å². The SMILES string of the molecule is O=C(Nc1ccccc1N1CCCCCC1)C1CCN(C(=O)c2ccoc2)CC1. The molecule has 2 aliphatic heterocycles. The molecule has 2 amide bonds. The number of nitrogens with one attached hydrogen (secondary N) is 1. The summed E-state index contributed by atoms with van der Waals surface area (Å²) in [5.41, 5.74) is 2.59. The fraction of sp³-hybridized carbons (Fsp3) is 0.478. The Morgan fingerprint density at radius 2 is 1.66 bits per heavy atom. The van der Waals surface area contributed by atoms with Crippen molar-refractivity contribution in [3.05, 3.63) is 48.4 Å². The molecule has 29 heavy (non-hydrogen) atoms. The Balaban J connectivity index is 1.36. The second-order valence-corrected chi connectivity index (χ2v) is 7.99. The first-order valence-electron chi connectivity index (χ1n) is 10.7. The number of carbonyl (C=O) groups is 2. The van der Waals surface area contributed by atoms with Gasteiger partial charge in [-0.05, 0) is 43.9 Å². The van der Waals surface area contributed by atoms with E-state index in [0.717, 1.165) is 24.5 Å². The summed E-state index contributed by atoms with van der Waals surface area (Å²) in [6.45, 7) is 3.27. The highest BCUT2D eigenvalue weighted by Crippen LogP contribution is 2.29. The number of anilines is 2. The van der Waals surface area contributed by atoms with E-state index >= 15 is 0 Å². The van der Waals surface area contributed by atoms with Gasteiger partial charge >= 0.3 is 0 Å². The van der Waals surface area contributed by atoms with Crippen LogP contribution in [0.15, 0.2) is 47.3 Å². The second-order valence-electron chi connectivity index (χ2n) is 7.99. The molecule has 0 atom stereocenters. The van der Waals surface area contributed by atoms with Gasteiger partial charge in [0.2, 0.25) is 5.91 Å². The monoisotopic (exact) mass is 395 g/mol. The van der Waals surface area contributed by atoms with E-state index in [0.29, 0.717) is 31.5 Å². The highest BCUT2D eigenvalue weighted by molar-refractivity contribution is 5.97. The number of benzene rings is 1. The molecule has 154 valence electrons. The smallest absolute Gasteiger partial charge is 0.257 e. The maximum Gasteiger partial charge on any atom is 0.257 e. The molecule has 3 heterocycles. The first-order valence-corrected chi connectivity index (χ1v) is 10.7. The zero-order chi connectivity index (χ0) is 20.1. The summed E-state index contributed by atoms with van der Waals surface area (Å²) in [6.07, 6.45) is 9.30. The number of likely N-dealkylation sites (tertiary alicyclic amines) is 1. The third kappa shape index (κ3) is 4.63. The molecule has 2 fully saturated rings. The van der Waals surface area contributed by atoms with Crippen molar-refractivity contribution in [1.29, 1.82) is 0 Å². The van der Waals surface area contributed by atoms with Crippen molar-refractivity contribution in [3.8, 4) is 0 Å². The van der Waals surface area contributed by atoms with Crippen LogP contribution < -0.4 is 10.2 Å². The minimum atomic E-state index is -0.0689. The summed E-state index contributed by atoms with van der Waals surface area (Å²) in [5.74, 6) is -0.0348. The lowest BCUT2D eigenvalue weighted by atomic mass is 9.95. The molecule has 2 aliphatic rings. The normalized spacial score (nSPS) is 18.3. The Labute approximate surface area is 171 Å². The molecule has 1 aromatic heterocycles. The summed E-state index contributed by atoms with van der Waals surface area (Å²) in [5, 5.41) is 3.17. The maximum absolute atomic E-state index is 12.9. The van der Waals surface area contributed by atoms with Crippen molar-refractivity contribution in [1.82, 2.24) is 4.90 Å². The van der Waals surface area contributed by atoms with Crippen LogP contribution in [0.1, 0.15) is 48.9 Å². The Morgan fingerprint density at radius 3 is 2.34 bits per heavy atom. The predicted molar refractivity (Wildman–Crippen MR) is 113 cm³/mol. The van der Waals surface area contributed by atoms with Crippen molar-refractivity contribution in [2.24, 2.45) is 5.92 Å². The molecular weight excluding hydrogens is 366 g/mol. The summed E-state index contributed by atoms with van der Waals surface area (Å²) >= 11 is 0.